The van der Waals surface area contributed by atoms with Crippen molar-refractivity contribution in [2.24, 2.45) is 11.8 Å². The Bertz CT molecular complexity index is 945. The fourth-order valence-electron chi connectivity index (χ4n) is 5.13. The van der Waals surface area contributed by atoms with Gasteiger partial charge in [-0.25, -0.2) is 0 Å². The fourth-order valence-corrected chi connectivity index (χ4v) is 8.15. The molecule has 0 saturated heterocycles. The summed E-state index contributed by atoms with van der Waals surface area (Å²) >= 11 is 0. The first-order valence-electron chi connectivity index (χ1n) is 15.7. The van der Waals surface area contributed by atoms with Crippen LogP contribution in [0.1, 0.15) is 92.4 Å². The lowest BCUT2D eigenvalue weighted by Gasteiger charge is -2.39. The highest BCUT2D eigenvalue weighted by Gasteiger charge is 2.50. The predicted octanol–water partition coefficient (Wildman–Crippen LogP) is 8.16. The Hall–Kier alpha value is -1.56. The lowest BCUT2D eigenvalue weighted by atomic mass is 9.91. The molecule has 0 spiro atoms. The standard InChI is InChI=1S/C33H60O7Si2/c1-13-14-21-33(6,40-41(8,9)10)22-17-19-26-28(39-42(11,12)32(3,4)5)23-27(34)30(26)31(36)38-24-25(2)18-15-16-20-29(35)37-7/h17,19,26,28,30H,2,13-16,18,20-24H2,1,3-12H3/b19-17+/t26-,28+,30+,33-/m0/s1. The van der Waals surface area contributed by atoms with Crippen molar-refractivity contribution in [2.45, 2.75) is 142 Å². The smallest absolute Gasteiger partial charge is 0.317 e. The highest BCUT2D eigenvalue weighted by Crippen LogP contribution is 2.42. The predicted molar refractivity (Wildman–Crippen MR) is 175 cm³/mol. The van der Waals surface area contributed by atoms with E-state index in [1.54, 1.807) is 0 Å². The van der Waals surface area contributed by atoms with Crippen LogP contribution in [0.25, 0.3) is 0 Å². The maximum absolute atomic E-state index is 13.4. The molecule has 4 atom stereocenters. The van der Waals surface area contributed by atoms with Crippen molar-refractivity contribution in [3.8, 4) is 0 Å². The Labute approximate surface area is 258 Å². The largest absolute Gasteiger partial charge is 0.469 e. The summed E-state index contributed by atoms with van der Waals surface area (Å²) in [7, 11) is -2.61. The van der Waals surface area contributed by atoms with Gasteiger partial charge in [0.2, 0.25) is 0 Å². The van der Waals surface area contributed by atoms with Gasteiger partial charge in [-0.2, -0.15) is 0 Å². The molecule has 42 heavy (non-hydrogen) atoms. The summed E-state index contributed by atoms with van der Waals surface area (Å²) in [5.41, 5.74) is 0.465. The minimum Gasteiger partial charge on any atom is -0.469 e. The highest BCUT2D eigenvalue weighted by atomic mass is 28.4. The summed E-state index contributed by atoms with van der Waals surface area (Å²) in [6.07, 6.45) is 10.2. The van der Waals surface area contributed by atoms with Crippen LogP contribution < -0.4 is 0 Å². The third-order valence-corrected chi connectivity index (χ3v) is 14.0. The molecule has 0 radical (unpaired) electrons. The zero-order chi connectivity index (χ0) is 32.4. The molecule has 0 aromatic carbocycles. The highest BCUT2D eigenvalue weighted by molar-refractivity contribution is 6.74. The van der Waals surface area contributed by atoms with Gasteiger partial charge < -0.3 is 18.3 Å². The van der Waals surface area contributed by atoms with E-state index < -0.39 is 34.4 Å². The number of ether oxygens (including phenoxy) is 2. The number of unbranched alkanes of at least 4 members (excludes halogenated alkanes) is 2. The molecular weight excluding hydrogens is 565 g/mol. The Morgan fingerprint density at radius 1 is 1.02 bits per heavy atom. The zero-order valence-corrected chi connectivity index (χ0v) is 30.5. The van der Waals surface area contributed by atoms with Gasteiger partial charge in [0.1, 0.15) is 18.3 Å². The Morgan fingerprint density at radius 3 is 2.19 bits per heavy atom. The van der Waals surface area contributed by atoms with Crippen molar-refractivity contribution in [3.63, 3.8) is 0 Å². The second kappa shape index (κ2) is 16.5. The number of ketones is 1. The van der Waals surface area contributed by atoms with Crippen LogP contribution in [0.5, 0.6) is 0 Å². The Morgan fingerprint density at radius 2 is 1.64 bits per heavy atom. The minimum atomic E-state index is -2.20. The quantitative estimate of drug-likeness (QED) is 0.0500. The van der Waals surface area contributed by atoms with Gasteiger partial charge in [-0.05, 0) is 82.4 Å². The van der Waals surface area contributed by atoms with E-state index in [4.69, 9.17) is 13.6 Å². The maximum atomic E-state index is 13.4. The van der Waals surface area contributed by atoms with Crippen LogP contribution in [0.2, 0.25) is 37.8 Å². The van der Waals surface area contributed by atoms with Crippen molar-refractivity contribution in [3.05, 3.63) is 24.3 Å². The molecule has 0 bridgehead atoms. The molecule has 0 aromatic rings. The van der Waals surface area contributed by atoms with Crippen molar-refractivity contribution in [1.29, 1.82) is 0 Å². The second-order valence-electron chi connectivity index (χ2n) is 14.7. The SMILES string of the molecule is C=C(CCCCC(=O)OC)COC(=O)[C@H]1C(=O)C[C@@H](O[Si](C)(C)C(C)(C)C)[C@@H]1/C=C/C[C@](C)(CCCC)O[Si](C)(C)C. The molecule has 0 N–H and O–H groups in total. The molecule has 1 rings (SSSR count). The molecule has 1 aliphatic carbocycles. The van der Waals surface area contributed by atoms with E-state index in [-0.39, 0.29) is 41.5 Å². The summed E-state index contributed by atoms with van der Waals surface area (Å²) < 4.78 is 23.7. The number of carbonyl (C=O) groups is 3. The van der Waals surface area contributed by atoms with Gasteiger partial charge in [-0.3, -0.25) is 14.4 Å². The number of hydrogen-bond donors (Lipinski definition) is 0. The van der Waals surface area contributed by atoms with E-state index in [0.29, 0.717) is 25.7 Å². The lowest BCUT2D eigenvalue weighted by molar-refractivity contribution is -0.151. The first-order valence-corrected chi connectivity index (χ1v) is 22.0. The van der Waals surface area contributed by atoms with Crippen LogP contribution in [-0.4, -0.2) is 59.8 Å². The zero-order valence-electron chi connectivity index (χ0n) is 28.5. The molecule has 1 saturated carbocycles. The van der Waals surface area contributed by atoms with E-state index in [2.05, 4.69) is 84.7 Å². The van der Waals surface area contributed by atoms with Crippen molar-refractivity contribution >= 4 is 34.4 Å². The molecule has 242 valence electrons. The second-order valence-corrected chi connectivity index (χ2v) is 23.9. The maximum Gasteiger partial charge on any atom is 0.317 e. The van der Waals surface area contributed by atoms with E-state index >= 15 is 0 Å². The van der Waals surface area contributed by atoms with E-state index in [0.717, 1.165) is 31.3 Å². The molecule has 1 aliphatic rings. The summed E-state index contributed by atoms with van der Waals surface area (Å²) in [4.78, 5) is 38.0. The number of methoxy groups -OCH3 is 1. The molecule has 0 aromatic heterocycles. The molecule has 0 amide bonds. The Kier molecular flexibility index (Phi) is 15.1. The van der Waals surface area contributed by atoms with E-state index in [1.807, 2.05) is 6.08 Å². The van der Waals surface area contributed by atoms with E-state index in [9.17, 15) is 14.4 Å². The molecule has 9 heteroatoms. The number of carbonyl (C=O) groups excluding carboxylic acids is 3. The first-order chi connectivity index (χ1) is 19.2. The van der Waals surface area contributed by atoms with Crippen LogP contribution in [0, 0.1) is 11.8 Å². The Balaban J connectivity index is 3.10. The van der Waals surface area contributed by atoms with Gasteiger partial charge in [0.15, 0.2) is 16.6 Å². The fraction of sp³-hybridized carbons (Fsp3) is 0.788. The van der Waals surface area contributed by atoms with Gasteiger partial charge in [0, 0.05) is 18.8 Å². The molecule has 7 nitrogen and oxygen atoms in total. The van der Waals surface area contributed by atoms with Crippen molar-refractivity contribution < 1.29 is 32.7 Å². The van der Waals surface area contributed by atoms with Crippen LogP contribution in [0.3, 0.4) is 0 Å². The molecule has 0 unspecified atom stereocenters. The number of rotatable bonds is 18. The van der Waals surface area contributed by atoms with Crippen LogP contribution in [-0.2, 0) is 32.7 Å². The van der Waals surface area contributed by atoms with Gasteiger partial charge in [0.25, 0.3) is 0 Å². The molecular formula is C33H60O7Si2. The van der Waals surface area contributed by atoms with Crippen molar-refractivity contribution in [1.82, 2.24) is 0 Å². The van der Waals surface area contributed by atoms with Crippen LogP contribution in [0.15, 0.2) is 24.3 Å². The normalized spacial score (nSPS) is 21.4. The van der Waals surface area contributed by atoms with Gasteiger partial charge in [-0.1, -0.05) is 59.3 Å². The van der Waals surface area contributed by atoms with Gasteiger partial charge in [-0.15, -0.1) is 0 Å². The van der Waals surface area contributed by atoms with Crippen LogP contribution >= 0.6 is 0 Å². The molecule has 0 aliphatic heterocycles. The number of hydrogen-bond acceptors (Lipinski definition) is 7. The third kappa shape index (κ3) is 13.0. The first kappa shape index (κ1) is 38.5. The number of Topliss-reactive ketones (excluding diaryl/α,β-unsaturated/α-hetero) is 1. The lowest BCUT2D eigenvalue weighted by Crippen LogP contribution is -2.45. The minimum absolute atomic E-state index is 0.0293. The summed E-state index contributed by atoms with van der Waals surface area (Å²) in [6, 6.07) is 0. The topological polar surface area (TPSA) is 88.1 Å². The van der Waals surface area contributed by atoms with Gasteiger partial charge in [0.05, 0.1) is 18.8 Å². The van der Waals surface area contributed by atoms with E-state index in [1.165, 1.54) is 7.11 Å². The summed E-state index contributed by atoms with van der Waals surface area (Å²) in [5.74, 6) is -2.18. The van der Waals surface area contributed by atoms with Crippen LogP contribution in [0.4, 0.5) is 0 Å². The average Bonchev–Trinajstić information content (AvgIpc) is 3.15. The van der Waals surface area contributed by atoms with Gasteiger partial charge >= 0.3 is 11.9 Å². The number of esters is 2. The average molecular weight is 625 g/mol. The molecule has 1 fully saturated rings. The molecule has 0 heterocycles. The monoisotopic (exact) mass is 624 g/mol. The summed E-state index contributed by atoms with van der Waals surface area (Å²) in [5, 5.41) is -0.0293. The van der Waals surface area contributed by atoms with Crippen molar-refractivity contribution in [2.75, 3.05) is 13.7 Å². The summed E-state index contributed by atoms with van der Waals surface area (Å²) in [6.45, 7) is 26.0. The third-order valence-electron chi connectivity index (χ3n) is 8.40.